The minimum Gasteiger partial charge on any atom is -0.480 e. The number of carboxylic acid groups (broad SMARTS) is 1. The van der Waals surface area contributed by atoms with Gasteiger partial charge in [0.2, 0.25) is 0 Å². The van der Waals surface area contributed by atoms with Crippen molar-refractivity contribution in [1.29, 1.82) is 0 Å². The van der Waals surface area contributed by atoms with Gasteiger partial charge in [-0.05, 0) is 19.3 Å². The fourth-order valence-electron chi connectivity index (χ4n) is 2.22. The molecule has 5 nitrogen and oxygen atoms in total. The number of nitrogens with one attached hydrogen (secondary N) is 2. The van der Waals surface area contributed by atoms with E-state index < -0.39 is 17.5 Å². The van der Waals surface area contributed by atoms with Gasteiger partial charge < -0.3 is 15.7 Å². The Labute approximate surface area is 107 Å². The first-order valence-electron chi connectivity index (χ1n) is 6.32. The average Bonchev–Trinajstić information content (AvgIpc) is 2.36. The molecule has 18 heavy (non-hydrogen) atoms. The van der Waals surface area contributed by atoms with Crippen LogP contribution < -0.4 is 10.6 Å². The highest BCUT2D eigenvalue weighted by Crippen LogP contribution is 2.28. The predicted octanol–water partition coefficient (Wildman–Crippen LogP) is 1.48. The molecule has 5 heteroatoms. The lowest BCUT2D eigenvalue weighted by atomic mass is 9.82. The fourth-order valence-corrected chi connectivity index (χ4v) is 2.22. The van der Waals surface area contributed by atoms with Gasteiger partial charge in [0.25, 0.3) is 0 Å². The van der Waals surface area contributed by atoms with Gasteiger partial charge in [-0.3, -0.25) is 0 Å². The molecule has 0 heterocycles. The summed E-state index contributed by atoms with van der Waals surface area (Å²) in [6.07, 6.45) is 9.46. The first-order chi connectivity index (χ1) is 8.54. The van der Waals surface area contributed by atoms with E-state index in [1.54, 1.807) is 0 Å². The highest BCUT2D eigenvalue weighted by atomic mass is 16.4. The number of carbonyl (C=O) groups excluding carboxylic acids is 1. The zero-order chi connectivity index (χ0) is 13.6. The van der Waals surface area contributed by atoms with Crippen molar-refractivity contribution in [2.24, 2.45) is 0 Å². The molecule has 3 N–H and O–H groups in total. The highest BCUT2D eigenvalue weighted by molar-refractivity contribution is 5.86. The Bertz CT molecular complexity index is 354. The maximum Gasteiger partial charge on any atom is 0.329 e. The highest BCUT2D eigenvalue weighted by Gasteiger charge is 2.41. The van der Waals surface area contributed by atoms with Crippen LogP contribution in [-0.4, -0.2) is 28.7 Å². The fraction of sp³-hybridized carbons (Fsp3) is 0.692. The number of hydrogen-bond acceptors (Lipinski definition) is 2. The second-order valence-corrected chi connectivity index (χ2v) is 4.67. The average molecular weight is 252 g/mol. The summed E-state index contributed by atoms with van der Waals surface area (Å²) in [6, 6.07) is -0.858. The molecule has 1 saturated carbocycles. The minimum absolute atomic E-state index is 0.362. The van der Waals surface area contributed by atoms with E-state index in [2.05, 4.69) is 16.6 Å². The van der Waals surface area contributed by atoms with Gasteiger partial charge in [0.1, 0.15) is 5.54 Å². The van der Waals surface area contributed by atoms with Crippen LogP contribution in [0.5, 0.6) is 0 Å². The molecule has 1 fully saturated rings. The van der Waals surface area contributed by atoms with Crippen LogP contribution in [0.4, 0.5) is 4.79 Å². The quantitative estimate of drug-likeness (QED) is 0.663. The lowest BCUT2D eigenvalue weighted by Crippen LogP contribution is -2.59. The Morgan fingerprint density at radius 1 is 1.39 bits per heavy atom. The summed E-state index contributed by atoms with van der Waals surface area (Å²) in [5.74, 6) is 1.48. The van der Waals surface area contributed by atoms with Crippen LogP contribution in [0.1, 0.15) is 45.4 Å². The molecule has 1 atom stereocenters. The number of carboxylic acids is 1. The van der Waals surface area contributed by atoms with Crippen molar-refractivity contribution in [3.05, 3.63) is 0 Å². The van der Waals surface area contributed by atoms with E-state index in [1.807, 2.05) is 6.92 Å². The maximum absolute atomic E-state index is 11.8. The second kappa shape index (κ2) is 6.29. The van der Waals surface area contributed by atoms with Gasteiger partial charge >= 0.3 is 12.0 Å². The summed E-state index contributed by atoms with van der Waals surface area (Å²) in [5.41, 5.74) is -1.13. The Morgan fingerprint density at radius 3 is 2.44 bits per heavy atom. The molecule has 1 aliphatic rings. The van der Waals surface area contributed by atoms with Crippen LogP contribution in [0.25, 0.3) is 0 Å². The monoisotopic (exact) mass is 252 g/mol. The lowest BCUT2D eigenvalue weighted by molar-refractivity contribution is -0.145. The molecular weight excluding hydrogens is 232 g/mol. The zero-order valence-electron chi connectivity index (χ0n) is 10.7. The summed E-state index contributed by atoms with van der Waals surface area (Å²) in [7, 11) is 0. The molecule has 0 aromatic heterocycles. The molecule has 0 aliphatic heterocycles. The van der Waals surface area contributed by atoms with Gasteiger partial charge in [0.05, 0.1) is 6.04 Å². The molecule has 1 unspecified atom stereocenters. The Balaban J connectivity index is 2.64. The molecule has 0 bridgehead atoms. The van der Waals surface area contributed by atoms with Crippen LogP contribution in [0.15, 0.2) is 0 Å². The predicted molar refractivity (Wildman–Crippen MR) is 68.0 cm³/mol. The Kier molecular flexibility index (Phi) is 5.02. The van der Waals surface area contributed by atoms with Crippen LogP contribution in [0, 0.1) is 12.3 Å². The third-order valence-electron chi connectivity index (χ3n) is 3.38. The summed E-state index contributed by atoms with van der Waals surface area (Å²) < 4.78 is 0. The van der Waals surface area contributed by atoms with Crippen molar-refractivity contribution in [3.63, 3.8) is 0 Å². The first kappa shape index (κ1) is 14.4. The van der Waals surface area contributed by atoms with Crippen molar-refractivity contribution >= 4 is 12.0 Å². The first-order valence-corrected chi connectivity index (χ1v) is 6.32. The number of aliphatic carboxylic acids is 1. The topological polar surface area (TPSA) is 78.4 Å². The van der Waals surface area contributed by atoms with E-state index in [4.69, 9.17) is 6.42 Å². The minimum atomic E-state index is -1.13. The van der Waals surface area contributed by atoms with Crippen LogP contribution in [0.3, 0.4) is 0 Å². The SMILES string of the molecule is C#CC(CC)NC(=O)NC1(C(=O)O)CCCCC1. The maximum atomic E-state index is 11.8. The molecule has 1 aliphatic carbocycles. The third kappa shape index (κ3) is 3.39. The van der Waals surface area contributed by atoms with Gasteiger partial charge in [-0.25, -0.2) is 9.59 Å². The van der Waals surface area contributed by atoms with Crippen LogP contribution >= 0.6 is 0 Å². The Morgan fingerprint density at radius 2 is 2.00 bits per heavy atom. The van der Waals surface area contributed by atoms with Crippen molar-refractivity contribution in [3.8, 4) is 12.3 Å². The van der Waals surface area contributed by atoms with Crippen LogP contribution in [0.2, 0.25) is 0 Å². The number of carbonyl (C=O) groups is 2. The zero-order valence-corrected chi connectivity index (χ0v) is 10.7. The molecule has 0 radical (unpaired) electrons. The molecule has 2 amide bonds. The van der Waals surface area contributed by atoms with Crippen molar-refractivity contribution in [2.75, 3.05) is 0 Å². The summed E-state index contributed by atoms with van der Waals surface area (Å²) in [5, 5.41) is 14.5. The van der Waals surface area contributed by atoms with Crippen molar-refractivity contribution < 1.29 is 14.7 Å². The van der Waals surface area contributed by atoms with Gasteiger partial charge in [-0.15, -0.1) is 6.42 Å². The second-order valence-electron chi connectivity index (χ2n) is 4.67. The van der Waals surface area contributed by atoms with Gasteiger partial charge in [-0.2, -0.15) is 0 Å². The van der Waals surface area contributed by atoms with E-state index in [9.17, 15) is 14.7 Å². The normalized spacial score (nSPS) is 19.3. The number of rotatable bonds is 4. The third-order valence-corrected chi connectivity index (χ3v) is 3.38. The lowest BCUT2D eigenvalue weighted by Gasteiger charge is -2.34. The van der Waals surface area contributed by atoms with Crippen molar-refractivity contribution in [1.82, 2.24) is 10.6 Å². The summed E-state index contributed by atoms with van der Waals surface area (Å²) in [4.78, 5) is 23.1. The molecule has 0 aromatic carbocycles. The molecule has 100 valence electrons. The largest absolute Gasteiger partial charge is 0.480 e. The standard InChI is InChI=1S/C13H20N2O3/c1-3-10(4-2)14-12(18)15-13(11(16)17)8-6-5-7-9-13/h1,10H,4-9H2,2H3,(H,16,17)(H2,14,15,18). The molecule has 1 rings (SSSR count). The van der Waals surface area contributed by atoms with Gasteiger partial charge in [0.15, 0.2) is 0 Å². The number of hydrogen-bond donors (Lipinski definition) is 3. The Hall–Kier alpha value is -1.70. The smallest absolute Gasteiger partial charge is 0.329 e. The molecular formula is C13H20N2O3. The van der Waals surface area contributed by atoms with Gasteiger partial charge in [-0.1, -0.05) is 32.1 Å². The number of amides is 2. The number of urea groups is 1. The van der Waals surface area contributed by atoms with E-state index in [0.29, 0.717) is 19.3 Å². The van der Waals surface area contributed by atoms with E-state index >= 15 is 0 Å². The number of terminal acetylenes is 1. The summed E-state index contributed by atoms with van der Waals surface area (Å²) >= 11 is 0. The van der Waals surface area contributed by atoms with E-state index in [0.717, 1.165) is 19.3 Å². The van der Waals surface area contributed by atoms with Gasteiger partial charge in [0, 0.05) is 0 Å². The van der Waals surface area contributed by atoms with E-state index in [1.165, 1.54) is 0 Å². The summed E-state index contributed by atoms with van der Waals surface area (Å²) in [6.45, 7) is 1.86. The molecule has 0 saturated heterocycles. The van der Waals surface area contributed by atoms with E-state index in [-0.39, 0.29) is 6.04 Å². The molecule has 0 spiro atoms. The molecule has 0 aromatic rings. The van der Waals surface area contributed by atoms with Crippen LogP contribution in [-0.2, 0) is 4.79 Å². The van der Waals surface area contributed by atoms with Crippen molar-refractivity contribution in [2.45, 2.75) is 57.0 Å².